The van der Waals surface area contributed by atoms with Crippen molar-refractivity contribution in [3.05, 3.63) is 65.2 Å². The van der Waals surface area contributed by atoms with Crippen LogP contribution in [0.2, 0.25) is 0 Å². The lowest BCUT2D eigenvalue weighted by Gasteiger charge is -2.21. The summed E-state index contributed by atoms with van der Waals surface area (Å²) in [4.78, 5) is 17.1. The van der Waals surface area contributed by atoms with Crippen molar-refractivity contribution < 1.29 is 9.63 Å². The fraction of sp³-hybridized carbons (Fsp3) is 0.263. The Labute approximate surface area is 156 Å². The van der Waals surface area contributed by atoms with Gasteiger partial charge in [0, 0.05) is 11.3 Å². The first-order valence-electron chi connectivity index (χ1n) is 8.07. The van der Waals surface area contributed by atoms with E-state index in [4.69, 9.17) is 0 Å². The van der Waals surface area contributed by atoms with Crippen LogP contribution < -0.4 is 5.32 Å². The molecule has 1 aliphatic rings. The zero-order chi connectivity index (χ0) is 17.5. The van der Waals surface area contributed by atoms with Gasteiger partial charge in [-0.15, -0.1) is 23.5 Å². The normalized spacial score (nSPS) is 15.2. The van der Waals surface area contributed by atoms with E-state index < -0.39 is 0 Å². The molecule has 0 atom stereocenters. The molecular weight excluding hydrogens is 352 g/mol. The van der Waals surface area contributed by atoms with Crippen LogP contribution in [0.25, 0.3) is 0 Å². The molecule has 6 heteroatoms. The van der Waals surface area contributed by atoms with E-state index >= 15 is 0 Å². The highest BCUT2D eigenvalue weighted by molar-refractivity contribution is 8.16. The lowest BCUT2D eigenvalue weighted by Crippen LogP contribution is -2.12. The molecule has 25 heavy (non-hydrogen) atoms. The molecule has 130 valence electrons. The SMILES string of the molecule is CO/N=C/c1ccc(C(=O)Nc2cccc(C3SCCCS3)c2)cc1. The van der Waals surface area contributed by atoms with Gasteiger partial charge in [-0.1, -0.05) is 29.4 Å². The highest BCUT2D eigenvalue weighted by Crippen LogP contribution is 2.44. The van der Waals surface area contributed by atoms with Gasteiger partial charge in [0.2, 0.25) is 0 Å². The zero-order valence-electron chi connectivity index (χ0n) is 14.0. The van der Waals surface area contributed by atoms with Gasteiger partial charge in [-0.3, -0.25) is 4.79 Å². The van der Waals surface area contributed by atoms with E-state index in [-0.39, 0.29) is 5.91 Å². The van der Waals surface area contributed by atoms with Crippen LogP contribution in [0.3, 0.4) is 0 Å². The Balaban J connectivity index is 1.67. The second kappa shape index (κ2) is 8.97. The predicted molar refractivity (Wildman–Crippen MR) is 108 cm³/mol. The Kier molecular flexibility index (Phi) is 6.42. The van der Waals surface area contributed by atoms with E-state index in [1.807, 2.05) is 47.8 Å². The number of anilines is 1. The first-order valence-corrected chi connectivity index (χ1v) is 10.2. The molecule has 0 saturated carbocycles. The minimum atomic E-state index is -0.115. The van der Waals surface area contributed by atoms with Gasteiger partial charge >= 0.3 is 0 Å². The van der Waals surface area contributed by atoms with Gasteiger partial charge in [0.15, 0.2) is 0 Å². The van der Waals surface area contributed by atoms with Crippen molar-refractivity contribution >= 4 is 41.3 Å². The Morgan fingerprint density at radius 3 is 2.68 bits per heavy atom. The number of hydrogen-bond donors (Lipinski definition) is 1. The van der Waals surface area contributed by atoms with Crippen molar-refractivity contribution in [2.45, 2.75) is 11.0 Å². The Hall–Kier alpha value is -1.92. The largest absolute Gasteiger partial charge is 0.399 e. The van der Waals surface area contributed by atoms with Gasteiger partial charge < -0.3 is 10.2 Å². The first-order chi connectivity index (χ1) is 12.3. The summed E-state index contributed by atoms with van der Waals surface area (Å²) in [6.45, 7) is 0. The van der Waals surface area contributed by atoms with Crippen LogP contribution in [0.5, 0.6) is 0 Å². The molecule has 3 rings (SSSR count). The minimum Gasteiger partial charge on any atom is -0.399 e. The fourth-order valence-corrected chi connectivity index (χ4v) is 5.35. The summed E-state index contributed by atoms with van der Waals surface area (Å²) in [5.41, 5.74) is 3.59. The van der Waals surface area contributed by atoms with Crippen molar-refractivity contribution in [1.82, 2.24) is 0 Å². The van der Waals surface area contributed by atoms with Gasteiger partial charge in [0.1, 0.15) is 7.11 Å². The standard InChI is InChI=1S/C19H20N2O2S2/c1-23-20-13-14-6-8-15(9-7-14)18(22)21-17-5-2-4-16(12-17)19-24-10-3-11-25-19/h2,4-9,12-13,19H,3,10-11H2,1H3,(H,21,22)/b20-13+. The summed E-state index contributed by atoms with van der Waals surface area (Å²) in [5.74, 6) is 2.29. The van der Waals surface area contributed by atoms with Crippen molar-refractivity contribution in [2.75, 3.05) is 23.9 Å². The van der Waals surface area contributed by atoms with E-state index in [0.29, 0.717) is 10.1 Å². The van der Waals surface area contributed by atoms with Gasteiger partial charge in [-0.2, -0.15) is 0 Å². The molecule has 0 aliphatic carbocycles. The number of oxime groups is 1. The molecule has 4 nitrogen and oxygen atoms in total. The van der Waals surface area contributed by atoms with Gasteiger partial charge in [-0.25, -0.2) is 0 Å². The molecular formula is C19H20N2O2S2. The number of thioether (sulfide) groups is 2. The van der Waals surface area contributed by atoms with Crippen LogP contribution >= 0.6 is 23.5 Å². The number of rotatable bonds is 5. The summed E-state index contributed by atoms with van der Waals surface area (Å²) in [6, 6.07) is 15.4. The maximum atomic E-state index is 12.4. The molecule has 1 saturated heterocycles. The first kappa shape index (κ1) is 17.9. The van der Waals surface area contributed by atoms with Crippen LogP contribution in [0, 0.1) is 0 Å². The Morgan fingerprint density at radius 1 is 1.20 bits per heavy atom. The summed E-state index contributed by atoms with van der Waals surface area (Å²) in [5, 5.41) is 6.69. The van der Waals surface area contributed by atoms with Crippen molar-refractivity contribution in [3.8, 4) is 0 Å². The van der Waals surface area contributed by atoms with Crippen molar-refractivity contribution in [3.63, 3.8) is 0 Å². The van der Waals surface area contributed by atoms with Gasteiger partial charge in [-0.05, 0) is 53.3 Å². The molecule has 2 aromatic carbocycles. The zero-order valence-corrected chi connectivity index (χ0v) is 15.6. The highest BCUT2D eigenvalue weighted by Gasteiger charge is 2.17. The second-order valence-electron chi connectivity index (χ2n) is 5.55. The topological polar surface area (TPSA) is 50.7 Å². The fourth-order valence-electron chi connectivity index (χ4n) is 2.48. The van der Waals surface area contributed by atoms with Crippen LogP contribution in [-0.2, 0) is 4.84 Å². The summed E-state index contributed by atoms with van der Waals surface area (Å²) >= 11 is 3.95. The van der Waals surface area contributed by atoms with Crippen molar-refractivity contribution in [2.24, 2.45) is 5.16 Å². The summed E-state index contributed by atoms with van der Waals surface area (Å²) in [6.07, 6.45) is 2.87. The lowest BCUT2D eigenvalue weighted by atomic mass is 10.1. The maximum absolute atomic E-state index is 12.4. The van der Waals surface area contributed by atoms with E-state index in [2.05, 4.69) is 27.4 Å². The number of nitrogens with zero attached hydrogens (tertiary/aromatic N) is 1. The van der Waals surface area contributed by atoms with Gasteiger partial charge in [0.25, 0.3) is 5.91 Å². The minimum absolute atomic E-state index is 0.115. The third-order valence-corrected chi connectivity index (χ3v) is 6.74. The number of nitrogens with one attached hydrogen (secondary N) is 1. The van der Waals surface area contributed by atoms with Crippen LogP contribution in [0.15, 0.2) is 53.7 Å². The van der Waals surface area contributed by atoms with E-state index in [9.17, 15) is 4.79 Å². The predicted octanol–water partition coefficient (Wildman–Crippen LogP) is 4.79. The van der Waals surface area contributed by atoms with E-state index in [1.165, 1.54) is 30.6 Å². The number of amides is 1. The Morgan fingerprint density at radius 2 is 1.96 bits per heavy atom. The Bertz CT molecular complexity index is 741. The van der Waals surface area contributed by atoms with Gasteiger partial charge in [0.05, 0.1) is 10.8 Å². The molecule has 0 unspecified atom stereocenters. The second-order valence-corrected chi connectivity index (χ2v) is 8.27. The molecule has 0 bridgehead atoms. The molecule has 1 fully saturated rings. The quantitative estimate of drug-likeness (QED) is 0.606. The number of benzene rings is 2. The molecule has 0 spiro atoms. The number of carbonyl (C=O) groups excluding carboxylic acids is 1. The number of hydrogen-bond acceptors (Lipinski definition) is 5. The van der Waals surface area contributed by atoms with E-state index in [1.54, 1.807) is 18.3 Å². The molecule has 0 radical (unpaired) electrons. The molecule has 1 amide bonds. The molecule has 1 heterocycles. The molecule has 0 aromatic heterocycles. The van der Waals surface area contributed by atoms with Crippen LogP contribution in [0.1, 0.15) is 32.5 Å². The average Bonchev–Trinajstić information content (AvgIpc) is 2.67. The highest BCUT2D eigenvalue weighted by atomic mass is 32.2. The third kappa shape index (κ3) is 5.03. The lowest BCUT2D eigenvalue weighted by molar-refractivity contribution is 0.102. The monoisotopic (exact) mass is 372 g/mol. The summed E-state index contributed by atoms with van der Waals surface area (Å²) in [7, 11) is 1.50. The molecule has 1 N–H and O–H groups in total. The maximum Gasteiger partial charge on any atom is 0.255 e. The average molecular weight is 373 g/mol. The van der Waals surface area contributed by atoms with Crippen LogP contribution in [-0.4, -0.2) is 30.7 Å². The van der Waals surface area contributed by atoms with Crippen molar-refractivity contribution in [1.29, 1.82) is 0 Å². The smallest absolute Gasteiger partial charge is 0.255 e. The molecule has 2 aromatic rings. The summed E-state index contributed by atoms with van der Waals surface area (Å²) < 4.78 is 0.463. The third-order valence-electron chi connectivity index (χ3n) is 3.72. The molecule has 1 aliphatic heterocycles. The van der Waals surface area contributed by atoms with Crippen LogP contribution in [0.4, 0.5) is 5.69 Å². The number of carbonyl (C=O) groups is 1. The van der Waals surface area contributed by atoms with E-state index in [0.717, 1.165) is 11.3 Å².